The molecule has 0 saturated carbocycles. The quantitative estimate of drug-likeness (QED) is 0.669. The van der Waals surface area contributed by atoms with Gasteiger partial charge in [-0.05, 0) is 37.6 Å². The third-order valence-corrected chi connectivity index (χ3v) is 4.69. The zero-order valence-corrected chi connectivity index (χ0v) is 12.9. The van der Waals surface area contributed by atoms with E-state index < -0.39 is 15.8 Å². The molecule has 5 nitrogen and oxygen atoms in total. The van der Waals surface area contributed by atoms with Gasteiger partial charge < -0.3 is 5.73 Å². The van der Waals surface area contributed by atoms with Crippen LogP contribution in [0.3, 0.4) is 0 Å². The topological polar surface area (TPSA) is 85.1 Å². The highest BCUT2D eigenvalue weighted by molar-refractivity contribution is 7.92. The van der Waals surface area contributed by atoms with E-state index in [1.54, 1.807) is 6.92 Å². The number of nitrogen functional groups attached to an aromatic ring is 1. The van der Waals surface area contributed by atoms with Gasteiger partial charge >= 0.3 is 0 Å². The highest BCUT2D eigenvalue weighted by Crippen LogP contribution is 2.24. The zero-order valence-electron chi connectivity index (χ0n) is 11.3. The number of nitrogens with two attached hydrogens (primary N) is 1. The molecule has 0 fully saturated rings. The summed E-state index contributed by atoms with van der Waals surface area (Å²) in [4.78, 5) is 3.59. The number of benzene rings is 1. The van der Waals surface area contributed by atoms with E-state index in [0.717, 1.165) is 6.07 Å². The average molecular weight is 330 g/mol. The summed E-state index contributed by atoms with van der Waals surface area (Å²) >= 11 is 5.77. The molecular weight excluding hydrogens is 317 g/mol. The third-order valence-electron chi connectivity index (χ3n) is 2.93. The third kappa shape index (κ3) is 3.25. The van der Waals surface area contributed by atoms with Crippen molar-refractivity contribution in [3.05, 3.63) is 46.5 Å². The van der Waals surface area contributed by atoms with Crippen LogP contribution < -0.4 is 10.5 Å². The van der Waals surface area contributed by atoms with Crippen LogP contribution in [0.15, 0.2) is 29.3 Å². The molecule has 112 valence electrons. The van der Waals surface area contributed by atoms with Gasteiger partial charge in [0, 0.05) is 11.3 Å². The van der Waals surface area contributed by atoms with Crippen molar-refractivity contribution in [1.82, 2.24) is 4.98 Å². The molecule has 2 aromatic rings. The van der Waals surface area contributed by atoms with Gasteiger partial charge in [-0.2, -0.15) is 0 Å². The molecule has 1 aromatic heterocycles. The highest BCUT2D eigenvalue weighted by Gasteiger charge is 2.18. The van der Waals surface area contributed by atoms with E-state index in [0.29, 0.717) is 5.56 Å². The molecule has 0 amide bonds. The summed E-state index contributed by atoms with van der Waals surface area (Å²) in [5.74, 6) is -0.680. The maximum absolute atomic E-state index is 13.6. The van der Waals surface area contributed by atoms with E-state index in [9.17, 15) is 12.8 Å². The lowest BCUT2D eigenvalue weighted by Crippen LogP contribution is -2.14. The van der Waals surface area contributed by atoms with Crippen LogP contribution in [-0.2, 0) is 10.0 Å². The van der Waals surface area contributed by atoms with E-state index >= 15 is 0 Å². The van der Waals surface area contributed by atoms with E-state index in [-0.39, 0.29) is 27.0 Å². The summed E-state index contributed by atoms with van der Waals surface area (Å²) in [6.45, 7) is 3.16. The second-order valence-electron chi connectivity index (χ2n) is 4.56. The van der Waals surface area contributed by atoms with Crippen molar-refractivity contribution in [2.75, 3.05) is 10.5 Å². The number of aromatic nitrogens is 1. The predicted molar refractivity (Wildman–Crippen MR) is 80.3 cm³/mol. The number of pyridine rings is 1. The summed E-state index contributed by atoms with van der Waals surface area (Å²) in [5, 5.41) is 0.281. The number of halogens is 2. The van der Waals surface area contributed by atoms with Gasteiger partial charge in [-0.3, -0.25) is 4.72 Å². The summed E-state index contributed by atoms with van der Waals surface area (Å²) in [6.07, 6.45) is 1.28. The van der Waals surface area contributed by atoms with Gasteiger partial charge in [0.05, 0.1) is 16.8 Å². The Morgan fingerprint density at radius 2 is 1.95 bits per heavy atom. The molecule has 0 atom stereocenters. The number of rotatable bonds is 3. The van der Waals surface area contributed by atoms with Crippen LogP contribution in [0.1, 0.15) is 11.1 Å². The van der Waals surface area contributed by atoms with Crippen molar-refractivity contribution < 1.29 is 12.8 Å². The smallest absolute Gasteiger partial charge is 0.262 e. The first-order valence-corrected chi connectivity index (χ1v) is 7.77. The lowest BCUT2D eigenvalue weighted by Gasteiger charge is -2.11. The van der Waals surface area contributed by atoms with Crippen molar-refractivity contribution in [2.45, 2.75) is 18.7 Å². The Hall–Kier alpha value is -1.86. The predicted octanol–water partition coefficient (Wildman–Crippen LogP) is 2.87. The van der Waals surface area contributed by atoms with Crippen LogP contribution >= 0.6 is 11.6 Å². The SMILES string of the molecule is Cc1cc(NS(=O)(=O)c2cc(N)c(C)c(F)c2)cnc1Cl. The number of nitrogens with one attached hydrogen (secondary N) is 1. The Bertz CT molecular complexity index is 786. The van der Waals surface area contributed by atoms with Crippen molar-refractivity contribution >= 4 is 33.0 Å². The monoisotopic (exact) mass is 329 g/mol. The summed E-state index contributed by atoms with van der Waals surface area (Å²) < 4.78 is 40.4. The van der Waals surface area contributed by atoms with E-state index in [1.807, 2.05) is 0 Å². The lowest BCUT2D eigenvalue weighted by atomic mass is 10.2. The fourth-order valence-electron chi connectivity index (χ4n) is 1.66. The summed E-state index contributed by atoms with van der Waals surface area (Å²) in [5.41, 5.74) is 6.72. The van der Waals surface area contributed by atoms with Crippen molar-refractivity contribution in [3.63, 3.8) is 0 Å². The molecule has 2 rings (SSSR count). The standard InChI is InChI=1S/C13H13ClFN3O2S/c1-7-3-9(6-17-13(7)14)18-21(19,20)10-4-11(15)8(2)12(16)5-10/h3-6,18H,16H2,1-2H3. The average Bonchev–Trinajstić information content (AvgIpc) is 2.39. The Morgan fingerprint density at radius 1 is 1.29 bits per heavy atom. The summed E-state index contributed by atoms with van der Waals surface area (Å²) in [6, 6.07) is 3.65. The van der Waals surface area contributed by atoms with Gasteiger partial charge in [0.2, 0.25) is 0 Å². The summed E-state index contributed by atoms with van der Waals surface area (Å²) in [7, 11) is -3.96. The molecule has 8 heteroatoms. The Kier molecular flexibility index (Phi) is 4.06. The van der Waals surface area contributed by atoms with Crippen LogP contribution in [0.5, 0.6) is 0 Å². The first-order valence-electron chi connectivity index (χ1n) is 5.91. The molecule has 21 heavy (non-hydrogen) atoms. The van der Waals surface area contributed by atoms with Crippen molar-refractivity contribution in [1.29, 1.82) is 0 Å². The van der Waals surface area contributed by atoms with Gasteiger partial charge in [0.15, 0.2) is 0 Å². The largest absolute Gasteiger partial charge is 0.398 e. The van der Waals surface area contributed by atoms with Crippen molar-refractivity contribution in [3.8, 4) is 0 Å². The fraction of sp³-hybridized carbons (Fsp3) is 0.154. The maximum Gasteiger partial charge on any atom is 0.262 e. The Balaban J connectivity index is 2.40. The lowest BCUT2D eigenvalue weighted by molar-refractivity contribution is 0.593. The normalized spacial score (nSPS) is 11.4. The molecule has 3 N–H and O–H groups in total. The molecule has 0 unspecified atom stereocenters. The zero-order chi connectivity index (χ0) is 15.8. The van der Waals surface area contributed by atoms with Gasteiger partial charge in [0.1, 0.15) is 11.0 Å². The van der Waals surface area contributed by atoms with Crippen LogP contribution in [0.4, 0.5) is 15.8 Å². The number of anilines is 2. The van der Waals surface area contributed by atoms with Crippen LogP contribution in [0.25, 0.3) is 0 Å². The van der Waals surface area contributed by atoms with E-state index in [1.165, 1.54) is 25.3 Å². The number of aryl methyl sites for hydroxylation is 1. The second-order valence-corrected chi connectivity index (χ2v) is 6.60. The van der Waals surface area contributed by atoms with E-state index in [4.69, 9.17) is 17.3 Å². The molecule has 0 bridgehead atoms. The minimum absolute atomic E-state index is 0.0702. The molecular formula is C13H13ClFN3O2S. The molecule has 0 aliphatic heterocycles. The first kappa shape index (κ1) is 15.5. The highest BCUT2D eigenvalue weighted by atomic mass is 35.5. The minimum atomic E-state index is -3.96. The maximum atomic E-state index is 13.6. The molecule has 1 aromatic carbocycles. The molecule has 1 heterocycles. The number of nitrogens with zero attached hydrogens (tertiary/aromatic N) is 1. The number of hydrogen-bond donors (Lipinski definition) is 2. The number of hydrogen-bond acceptors (Lipinski definition) is 4. The first-order chi connectivity index (χ1) is 9.70. The fourth-order valence-corrected chi connectivity index (χ4v) is 2.84. The number of sulfonamides is 1. The Morgan fingerprint density at radius 3 is 2.52 bits per heavy atom. The van der Waals surface area contributed by atoms with Crippen LogP contribution in [-0.4, -0.2) is 13.4 Å². The van der Waals surface area contributed by atoms with Gasteiger partial charge in [-0.1, -0.05) is 11.6 Å². The molecule has 0 spiro atoms. The van der Waals surface area contributed by atoms with Gasteiger partial charge in [-0.15, -0.1) is 0 Å². The molecule has 0 saturated heterocycles. The second kappa shape index (κ2) is 5.50. The van der Waals surface area contributed by atoms with Crippen molar-refractivity contribution in [2.24, 2.45) is 0 Å². The van der Waals surface area contributed by atoms with Crippen LogP contribution in [0.2, 0.25) is 5.15 Å². The molecule has 0 radical (unpaired) electrons. The Labute approximate surface area is 127 Å². The molecule has 0 aliphatic carbocycles. The van der Waals surface area contributed by atoms with Gasteiger partial charge in [-0.25, -0.2) is 17.8 Å². The van der Waals surface area contributed by atoms with Gasteiger partial charge in [0.25, 0.3) is 10.0 Å². The minimum Gasteiger partial charge on any atom is -0.398 e. The molecule has 0 aliphatic rings. The van der Waals surface area contributed by atoms with Crippen LogP contribution in [0, 0.1) is 19.7 Å². The van der Waals surface area contributed by atoms with E-state index in [2.05, 4.69) is 9.71 Å².